The third kappa shape index (κ3) is 5.16. The van der Waals surface area contributed by atoms with E-state index in [2.05, 4.69) is 15.6 Å². The number of thiazole rings is 1. The first-order valence-corrected chi connectivity index (χ1v) is 7.65. The molecule has 0 aliphatic rings. The highest BCUT2D eigenvalue weighted by atomic mass is 32.1. The Balaban J connectivity index is 2.53. The lowest BCUT2D eigenvalue weighted by Gasteiger charge is -2.18. The Morgan fingerprint density at radius 1 is 1.40 bits per heavy atom. The van der Waals surface area contributed by atoms with Crippen molar-refractivity contribution >= 4 is 23.3 Å². The average Bonchev–Trinajstić information content (AvgIpc) is 2.94. The van der Waals surface area contributed by atoms with Crippen molar-refractivity contribution in [2.75, 3.05) is 0 Å². The molecule has 0 saturated heterocycles. The molecule has 0 bridgehead atoms. The minimum Gasteiger partial charge on any atom is -0.480 e. The standard InChI is InChI=1S/C13H21N3O3S/c1-3-5-6-10(12(17)18)16-13(19)15-9(4-2)11-14-7-8-20-11/h7-10H,3-6H2,1-2H3,(H,17,18)(H2,15,16,19). The summed E-state index contributed by atoms with van der Waals surface area (Å²) in [4.78, 5) is 27.1. The van der Waals surface area contributed by atoms with Crippen molar-refractivity contribution in [1.29, 1.82) is 0 Å². The minimum atomic E-state index is -1.00. The molecule has 2 atom stereocenters. The van der Waals surface area contributed by atoms with Crippen molar-refractivity contribution in [2.24, 2.45) is 0 Å². The number of aromatic nitrogens is 1. The van der Waals surface area contributed by atoms with E-state index in [1.54, 1.807) is 6.20 Å². The third-order valence-corrected chi connectivity index (χ3v) is 3.80. The van der Waals surface area contributed by atoms with Crippen LogP contribution < -0.4 is 10.6 Å². The molecule has 3 N–H and O–H groups in total. The van der Waals surface area contributed by atoms with E-state index in [-0.39, 0.29) is 6.04 Å². The Hall–Kier alpha value is -1.63. The molecule has 20 heavy (non-hydrogen) atoms. The molecule has 0 fully saturated rings. The number of nitrogens with zero attached hydrogens (tertiary/aromatic N) is 1. The number of carbonyl (C=O) groups is 2. The van der Waals surface area contributed by atoms with Crippen LogP contribution in [0.5, 0.6) is 0 Å². The van der Waals surface area contributed by atoms with Crippen LogP contribution in [0.4, 0.5) is 4.79 Å². The van der Waals surface area contributed by atoms with E-state index in [4.69, 9.17) is 5.11 Å². The van der Waals surface area contributed by atoms with Crippen LogP contribution in [-0.4, -0.2) is 28.1 Å². The van der Waals surface area contributed by atoms with Gasteiger partial charge in [0.2, 0.25) is 0 Å². The SMILES string of the molecule is CCCCC(NC(=O)NC(CC)c1nccs1)C(=O)O. The highest BCUT2D eigenvalue weighted by molar-refractivity contribution is 7.09. The molecule has 7 heteroatoms. The summed E-state index contributed by atoms with van der Waals surface area (Å²) in [5.74, 6) is -1.00. The van der Waals surface area contributed by atoms with E-state index in [0.717, 1.165) is 17.8 Å². The van der Waals surface area contributed by atoms with Gasteiger partial charge in [-0.1, -0.05) is 26.7 Å². The van der Waals surface area contributed by atoms with Gasteiger partial charge in [0.1, 0.15) is 11.0 Å². The average molecular weight is 299 g/mol. The number of amides is 2. The number of hydrogen-bond acceptors (Lipinski definition) is 4. The van der Waals surface area contributed by atoms with Crippen LogP contribution in [0.1, 0.15) is 50.6 Å². The normalized spacial score (nSPS) is 13.5. The van der Waals surface area contributed by atoms with Crippen molar-refractivity contribution in [1.82, 2.24) is 15.6 Å². The Bertz CT molecular complexity index is 423. The molecule has 1 rings (SSSR count). The fourth-order valence-corrected chi connectivity index (χ4v) is 2.54. The first-order chi connectivity index (χ1) is 9.58. The van der Waals surface area contributed by atoms with Crippen molar-refractivity contribution in [2.45, 2.75) is 51.6 Å². The second-order valence-corrected chi connectivity index (χ2v) is 5.41. The fraction of sp³-hybridized carbons (Fsp3) is 0.615. The molecule has 2 unspecified atom stereocenters. The maximum atomic E-state index is 11.9. The Morgan fingerprint density at radius 2 is 2.15 bits per heavy atom. The largest absolute Gasteiger partial charge is 0.480 e. The third-order valence-electron chi connectivity index (χ3n) is 2.91. The summed E-state index contributed by atoms with van der Waals surface area (Å²) in [7, 11) is 0. The number of aliphatic carboxylic acids is 1. The minimum absolute atomic E-state index is 0.185. The van der Waals surface area contributed by atoms with Crippen LogP contribution in [0.15, 0.2) is 11.6 Å². The van der Waals surface area contributed by atoms with Gasteiger partial charge in [0, 0.05) is 11.6 Å². The molecule has 112 valence electrons. The molecule has 1 aromatic heterocycles. The predicted molar refractivity (Wildman–Crippen MR) is 77.8 cm³/mol. The Labute approximate surface area is 122 Å². The topological polar surface area (TPSA) is 91.3 Å². The number of carboxylic acid groups (broad SMARTS) is 1. The molecule has 6 nitrogen and oxygen atoms in total. The van der Waals surface area contributed by atoms with Gasteiger partial charge < -0.3 is 15.7 Å². The predicted octanol–water partition coefficient (Wildman–Crippen LogP) is 2.54. The zero-order chi connectivity index (χ0) is 15.0. The summed E-state index contributed by atoms with van der Waals surface area (Å²) >= 11 is 1.47. The molecular weight excluding hydrogens is 278 g/mol. The zero-order valence-electron chi connectivity index (χ0n) is 11.8. The number of rotatable bonds is 8. The van der Waals surface area contributed by atoms with Gasteiger partial charge in [-0.3, -0.25) is 0 Å². The van der Waals surface area contributed by atoms with Crippen molar-refractivity contribution in [3.05, 3.63) is 16.6 Å². The fourth-order valence-electron chi connectivity index (χ4n) is 1.77. The van der Waals surface area contributed by atoms with Gasteiger partial charge in [-0.25, -0.2) is 14.6 Å². The number of unbranched alkanes of at least 4 members (excludes halogenated alkanes) is 1. The highest BCUT2D eigenvalue weighted by Crippen LogP contribution is 2.18. The first-order valence-electron chi connectivity index (χ1n) is 6.77. The molecular formula is C13H21N3O3S. The van der Waals surface area contributed by atoms with Gasteiger partial charge >= 0.3 is 12.0 Å². The molecule has 0 spiro atoms. The number of urea groups is 1. The van der Waals surface area contributed by atoms with E-state index in [9.17, 15) is 9.59 Å². The van der Waals surface area contributed by atoms with Crippen LogP contribution in [0.3, 0.4) is 0 Å². The van der Waals surface area contributed by atoms with Crippen molar-refractivity contribution in [3.63, 3.8) is 0 Å². The summed E-state index contributed by atoms with van der Waals surface area (Å²) in [6, 6.07) is -1.49. The van der Waals surface area contributed by atoms with Gasteiger partial charge in [-0.2, -0.15) is 0 Å². The molecule has 2 amide bonds. The Morgan fingerprint density at radius 3 is 2.65 bits per heavy atom. The molecule has 0 radical (unpaired) electrons. The van der Waals surface area contributed by atoms with Crippen molar-refractivity contribution < 1.29 is 14.7 Å². The number of nitrogens with one attached hydrogen (secondary N) is 2. The van der Waals surface area contributed by atoms with Crippen LogP contribution in [0.2, 0.25) is 0 Å². The van der Waals surface area contributed by atoms with Gasteiger partial charge in [-0.05, 0) is 12.8 Å². The summed E-state index contributed by atoms with van der Waals surface area (Å²) in [6.45, 7) is 3.92. The number of carboxylic acids is 1. The van der Waals surface area contributed by atoms with Crippen LogP contribution >= 0.6 is 11.3 Å². The van der Waals surface area contributed by atoms with Gasteiger partial charge in [0.15, 0.2) is 0 Å². The van der Waals surface area contributed by atoms with E-state index in [1.807, 2.05) is 19.2 Å². The molecule has 0 aromatic carbocycles. The van der Waals surface area contributed by atoms with Crippen molar-refractivity contribution in [3.8, 4) is 0 Å². The molecule has 0 aliphatic carbocycles. The first kappa shape index (κ1) is 16.4. The molecule has 0 saturated carbocycles. The number of hydrogen-bond donors (Lipinski definition) is 3. The van der Waals surface area contributed by atoms with Gasteiger partial charge in [0.05, 0.1) is 6.04 Å². The molecule has 0 aliphatic heterocycles. The highest BCUT2D eigenvalue weighted by Gasteiger charge is 2.21. The van der Waals surface area contributed by atoms with Crippen LogP contribution in [-0.2, 0) is 4.79 Å². The molecule has 1 aromatic rings. The lowest BCUT2D eigenvalue weighted by molar-refractivity contribution is -0.139. The Kier molecular flexibility index (Phi) is 7.00. The maximum Gasteiger partial charge on any atom is 0.326 e. The monoisotopic (exact) mass is 299 g/mol. The lowest BCUT2D eigenvalue weighted by atomic mass is 10.1. The second kappa shape index (κ2) is 8.52. The zero-order valence-corrected chi connectivity index (χ0v) is 12.6. The smallest absolute Gasteiger partial charge is 0.326 e. The molecule has 1 heterocycles. The lowest BCUT2D eigenvalue weighted by Crippen LogP contribution is -2.46. The number of carbonyl (C=O) groups excluding carboxylic acids is 1. The van der Waals surface area contributed by atoms with E-state index in [0.29, 0.717) is 12.8 Å². The summed E-state index contributed by atoms with van der Waals surface area (Å²) in [5.41, 5.74) is 0. The van der Waals surface area contributed by atoms with Gasteiger partial charge in [0.25, 0.3) is 0 Å². The van der Waals surface area contributed by atoms with Gasteiger partial charge in [-0.15, -0.1) is 11.3 Å². The summed E-state index contributed by atoms with van der Waals surface area (Å²) in [6.07, 6.45) is 4.48. The maximum absolute atomic E-state index is 11.9. The van der Waals surface area contributed by atoms with E-state index in [1.165, 1.54) is 11.3 Å². The van der Waals surface area contributed by atoms with Crippen LogP contribution in [0.25, 0.3) is 0 Å². The van der Waals surface area contributed by atoms with E-state index < -0.39 is 18.0 Å². The van der Waals surface area contributed by atoms with Crippen LogP contribution in [0, 0.1) is 0 Å². The van der Waals surface area contributed by atoms with E-state index >= 15 is 0 Å². The summed E-state index contributed by atoms with van der Waals surface area (Å²) in [5, 5.41) is 17.0. The summed E-state index contributed by atoms with van der Waals surface area (Å²) < 4.78 is 0. The second-order valence-electron chi connectivity index (χ2n) is 4.48. The quantitative estimate of drug-likeness (QED) is 0.688.